The summed E-state index contributed by atoms with van der Waals surface area (Å²) in [7, 11) is 1.59. The zero-order valence-corrected chi connectivity index (χ0v) is 12.3. The molecule has 4 nitrogen and oxygen atoms in total. The van der Waals surface area contributed by atoms with Gasteiger partial charge in [0.1, 0.15) is 22.2 Å². The normalized spacial score (nSPS) is 10.8. The second-order valence-corrected chi connectivity index (χ2v) is 5.53. The Hall–Kier alpha value is -1.66. The highest BCUT2D eigenvalue weighted by atomic mass is 79.9. The van der Waals surface area contributed by atoms with Gasteiger partial charge in [-0.25, -0.2) is 9.97 Å². The fourth-order valence-corrected chi connectivity index (χ4v) is 3.03. The molecule has 2 aromatic heterocycles. The Labute approximate surface area is 121 Å². The predicted molar refractivity (Wildman–Crippen MR) is 78.8 cm³/mol. The number of aromatic hydroxyl groups is 1. The summed E-state index contributed by atoms with van der Waals surface area (Å²) in [6, 6.07) is 5.20. The molecule has 0 aliphatic carbocycles. The van der Waals surface area contributed by atoms with Crippen LogP contribution in [0.5, 0.6) is 11.5 Å². The molecule has 1 N–H and O–H groups in total. The van der Waals surface area contributed by atoms with E-state index < -0.39 is 0 Å². The summed E-state index contributed by atoms with van der Waals surface area (Å²) in [5, 5.41) is 13.4. The number of thiazole rings is 1. The molecule has 19 heavy (non-hydrogen) atoms. The maximum Gasteiger partial charge on any atom is 0.141 e. The standard InChI is InChI=1S/C13H9BrN2O2S/c1-18-10-3-2-7-9(17)6-8(13-15-4-5-19-13)16-12(7)11(10)14/h2-6H,1H3,(H,16,17). The molecule has 2 heterocycles. The van der Waals surface area contributed by atoms with Gasteiger partial charge in [-0.15, -0.1) is 11.3 Å². The van der Waals surface area contributed by atoms with Crippen LogP contribution in [-0.4, -0.2) is 22.2 Å². The molecule has 0 aliphatic heterocycles. The van der Waals surface area contributed by atoms with Crippen molar-refractivity contribution in [2.75, 3.05) is 7.11 Å². The smallest absolute Gasteiger partial charge is 0.141 e. The van der Waals surface area contributed by atoms with Crippen molar-refractivity contribution >= 4 is 38.2 Å². The predicted octanol–water partition coefficient (Wildman–Crippen LogP) is 3.84. The van der Waals surface area contributed by atoms with Crippen molar-refractivity contribution in [1.82, 2.24) is 9.97 Å². The third-order valence-electron chi connectivity index (χ3n) is 2.73. The molecule has 3 aromatic rings. The fourth-order valence-electron chi connectivity index (χ4n) is 1.84. The summed E-state index contributed by atoms with van der Waals surface area (Å²) in [6.45, 7) is 0. The first-order valence-corrected chi connectivity index (χ1v) is 7.14. The van der Waals surface area contributed by atoms with E-state index in [1.807, 2.05) is 5.38 Å². The maximum atomic E-state index is 10.1. The molecule has 6 heteroatoms. The van der Waals surface area contributed by atoms with E-state index >= 15 is 0 Å². The third kappa shape index (κ3) is 2.06. The number of aromatic nitrogens is 2. The van der Waals surface area contributed by atoms with Crippen molar-refractivity contribution in [3.63, 3.8) is 0 Å². The zero-order valence-electron chi connectivity index (χ0n) is 9.92. The minimum absolute atomic E-state index is 0.179. The molecule has 0 unspecified atom stereocenters. The summed E-state index contributed by atoms with van der Waals surface area (Å²) in [5.74, 6) is 0.856. The van der Waals surface area contributed by atoms with Gasteiger partial charge in [0.15, 0.2) is 0 Å². The van der Waals surface area contributed by atoms with Crippen molar-refractivity contribution in [2.24, 2.45) is 0 Å². The maximum absolute atomic E-state index is 10.1. The molecule has 0 saturated carbocycles. The molecule has 0 atom stereocenters. The van der Waals surface area contributed by atoms with Crippen LogP contribution in [0.25, 0.3) is 21.6 Å². The van der Waals surface area contributed by atoms with E-state index in [9.17, 15) is 5.11 Å². The first-order valence-electron chi connectivity index (χ1n) is 5.47. The van der Waals surface area contributed by atoms with E-state index in [0.29, 0.717) is 22.3 Å². The van der Waals surface area contributed by atoms with Crippen molar-refractivity contribution in [3.8, 4) is 22.2 Å². The molecule has 96 valence electrons. The summed E-state index contributed by atoms with van der Waals surface area (Å²) in [5.41, 5.74) is 1.30. The van der Waals surface area contributed by atoms with Crippen LogP contribution in [0.4, 0.5) is 0 Å². The number of ether oxygens (including phenoxy) is 1. The second-order valence-electron chi connectivity index (χ2n) is 3.84. The quantitative estimate of drug-likeness (QED) is 0.772. The van der Waals surface area contributed by atoms with E-state index in [2.05, 4.69) is 25.9 Å². The number of hydrogen-bond donors (Lipinski definition) is 1. The molecule has 0 amide bonds. The molecule has 0 aliphatic rings. The van der Waals surface area contributed by atoms with Crippen LogP contribution in [0.15, 0.2) is 34.2 Å². The highest BCUT2D eigenvalue weighted by Crippen LogP contribution is 2.37. The number of methoxy groups -OCH3 is 1. The lowest BCUT2D eigenvalue weighted by Crippen LogP contribution is -1.90. The molecule has 0 radical (unpaired) electrons. The molecule has 0 saturated heterocycles. The molecule has 0 bridgehead atoms. The summed E-state index contributed by atoms with van der Waals surface area (Å²) in [4.78, 5) is 8.75. The van der Waals surface area contributed by atoms with E-state index in [1.54, 1.807) is 31.5 Å². The lowest BCUT2D eigenvalue weighted by Gasteiger charge is -2.08. The number of hydrogen-bond acceptors (Lipinski definition) is 5. The summed E-state index contributed by atoms with van der Waals surface area (Å²) >= 11 is 4.94. The van der Waals surface area contributed by atoms with Crippen LogP contribution < -0.4 is 4.74 Å². The zero-order chi connectivity index (χ0) is 13.4. The average molecular weight is 337 g/mol. The SMILES string of the molecule is COc1ccc2c(O)cc(-c3nccs3)nc2c1Br. The first kappa shape index (κ1) is 12.4. The monoisotopic (exact) mass is 336 g/mol. The van der Waals surface area contributed by atoms with Crippen molar-refractivity contribution in [3.05, 3.63) is 34.2 Å². The van der Waals surface area contributed by atoms with Gasteiger partial charge in [-0.2, -0.15) is 0 Å². The minimum atomic E-state index is 0.179. The van der Waals surface area contributed by atoms with Gasteiger partial charge in [0.25, 0.3) is 0 Å². The van der Waals surface area contributed by atoms with Crippen molar-refractivity contribution < 1.29 is 9.84 Å². The van der Waals surface area contributed by atoms with Crippen molar-refractivity contribution in [2.45, 2.75) is 0 Å². The second kappa shape index (κ2) is 4.79. The number of benzene rings is 1. The number of nitrogens with zero attached hydrogens (tertiary/aromatic N) is 2. The minimum Gasteiger partial charge on any atom is -0.507 e. The number of fused-ring (bicyclic) bond motifs is 1. The topological polar surface area (TPSA) is 55.2 Å². The lowest BCUT2D eigenvalue weighted by atomic mass is 10.1. The number of rotatable bonds is 2. The van der Waals surface area contributed by atoms with Crippen LogP contribution in [-0.2, 0) is 0 Å². The Bertz CT molecular complexity index is 744. The Morgan fingerprint density at radius 2 is 2.21 bits per heavy atom. The Balaban J connectivity index is 2.32. The first-order chi connectivity index (χ1) is 9.20. The summed E-state index contributed by atoms with van der Waals surface area (Å²) < 4.78 is 5.97. The largest absolute Gasteiger partial charge is 0.507 e. The van der Waals surface area contributed by atoms with E-state index in [-0.39, 0.29) is 5.75 Å². The van der Waals surface area contributed by atoms with E-state index in [1.165, 1.54) is 11.3 Å². The molecule has 0 spiro atoms. The fraction of sp³-hybridized carbons (Fsp3) is 0.0769. The van der Waals surface area contributed by atoms with Gasteiger partial charge >= 0.3 is 0 Å². The Kier molecular flexibility index (Phi) is 3.12. The average Bonchev–Trinajstić information content (AvgIpc) is 2.94. The van der Waals surface area contributed by atoms with Crippen molar-refractivity contribution in [1.29, 1.82) is 0 Å². The highest BCUT2D eigenvalue weighted by molar-refractivity contribution is 9.10. The van der Waals surface area contributed by atoms with Gasteiger partial charge < -0.3 is 9.84 Å². The Morgan fingerprint density at radius 1 is 1.37 bits per heavy atom. The van der Waals surface area contributed by atoms with Gasteiger partial charge in [-0.05, 0) is 28.1 Å². The van der Waals surface area contributed by atoms with Crippen LogP contribution in [0.2, 0.25) is 0 Å². The van der Waals surface area contributed by atoms with Crippen LogP contribution in [0.3, 0.4) is 0 Å². The van der Waals surface area contributed by atoms with E-state index in [0.717, 1.165) is 9.48 Å². The third-order valence-corrected chi connectivity index (χ3v) is 4.30. The van der Waals surface area contributed by atoms with Gasteiger partial charge in [0, 0.05) is 23.0 Å². The van der Waals surface area contributed by atoms with E-state index in [4.69, 9.17) is 4.74 Å². The van der Waals surface area contributed by atoms with Gasteiger partial charge in [0.2, 0.25) is 0 Å². The van der Waals surface area contributed by atoms with Gasteiger partial charge in [0.05, 0.1) is 17.1 Å². The van der Waals surface area contributed by atoms with Crippen LogP contribution in [0.1, 0.15) is 0 Å². The Morgan fingerprint density at radius 3 is 2.89 bits per heavy atom. The number of pyridine rings is 1. The lowest BCUT2D eigenvalue weighted by molar-refractivity contribution is 0.412. The molecule has 1 aromatic carbocycles. The highest BCUT2D eigenvalue weighted by Gasteiger charge is 2.13. The van der Waals surface area contributed by atoms with Gasteiger partial charge in [-0.3, -0.25) is 0 Å². The number of halogens is 1. The molecular formula is C13H9BrN2O2S. The van der Waals surface area contributed by atoms with Crippen LogP contribution in [0, 0.1) is 0 Å². The van der Waals surface area contributed by atoms with Gasteiger partial charge in [-0.1, -0.05) is 0 Å². The molecule has 0 fully saturated rings. The summed E-state index contributed by atoms with van der Waals surface area (Å²) in [6.07, 6.45) is 1.71. The van der Waals surface area contributed by atoms with Crippen LogP contribution >= 0.6 is 27.3 Å². The molecular weight excluding hydrogens is 328 g/mol. The molecule has 3 rings (SSSR count).